The number of pyridine rings is 1. The zero-order chi connectivity index (χ0) is 15.7. The number of amides is 1. The Bertz CT molecular complexity index is 437. The second-order valence-electron chi connectivity index (χ2n) is 5.10. The van der Waals surface area contributed by atoms with E-state index in [9.17, 15) is 4.79 Å². The molecule has 5 nitrogen and oxygen atoms in total. The van der Waals surface area contributed by atoms with Crippen LogP contribution in [0.2, 0.25) is 0 Å². The van der Waals surface area contributed by atoms with Gasteiger partial charge in [0.2, 0.25) is 0 Å². The van der Waals surface area contributed by atoms with E-state index in [1.54, 1.807) is 25.6 Å². The van der Waals surface area contributed by atoms with Gasteiger partial charge < -0.3 is 15.0 Å². The predicted octanol–water partition coefficient (Wildman–Crippen LogP) is 2.79. The fraction of sp³-hybridized carbons (Fsp3) is 0.625. The Hall–Kier alpha value is -1.62. The molecule has 0 spiro atoms. The third-order valence-electron chi connectivity index (χ3n) is 3.54. The molecule has 1 rings (SSSR count). The molecule has 1 heterocycles. The maximum absolute atomic E-state index is 12.8. The molecule has 1 aromatic rings. The van der Waals surface area contributed by atoms with Gasteiger partial charge in [0, 0.05) is 32.4 Å². The van der Waals surface area contributed by atoms with Gasteiger partial charge in [-0.25, -0.2) is 0 Å². The van der Waals surface area contributed by atoms with E-state index in [1.807, 2.05) is 4.90 Å². The Morgan fingerprint density at radius 3 is 2.86 bits per heavy atom. The Balaban J connectivity index is 2.96. The molecule has 1 N–H and O–H groups in total. The van der Waals surface area contributed by atoms with Crippen molar-refractivity contribution in [3.05, 3.63) is 24.0 Å². The van der Waals surface area contributed by atoms with Crippen LogP contribution < -0.4 is 5.32 Å². The smallest absolute Gasteiger partial charge is 0.256 e. The summed E-state index contributed by atoms with van der Waals surface area (Å²) >= 11 is 0. The molecule has 5 heteroatoms. The van der Waals surface area contributed by atoms with Gasteiger partial charge in [0.25, 0.3) is 5.91 Å². The van der Waals surface area contributed by atoms with E-state index in [0.29, 0.717) is 18.7 Å². The highest BCUT2D eigenvalue weighted by Crippen LogP contribution is 2.18. The number of nitrogens with one attached hydrogen (secondary N) is 1. The van der Waals surface area contributed by atoms with Crippen LogP contribution in [0.25, 0.3) is 0 Å². The highest BCUT2D eigenvalue weighted by Gasteiger charge is 2.22. The Morgan fingerprint density at radius 1 is 1.48 bits per heavy atom. The Morgan fingerprint density at radius 2 is 2.24 bits per heavy atom. The topological polar surface area (TPSA) is 54.5 Å². The number of carbonyl (C=O) groups excluding carboxylic acids is 1. The first kappa shape index (κ1) is 17.4. The highest BCUT2D eigenvalue weighted by atomic mass is 16.5. The van der Waals surface area contributed by atoms with E-state index in [2.05, 4.69) is 31.1 Å². The molecule has 0 radical (unpaired) electrons. The summed E-state index contributed by atoms with van der Waals surface area (Å²) in [5, 5.41) is 3.27. The molecule has 1 unspecified atom stereocenters. The van der Waals surface area contributed by atoms with E-state index >= 15 is 0 Å². The Labute approximate surface area is 127 Å². The molecule has 1 aromatic heterocycles. The lowest BCUT2D eigenvalue weighted by Gasteiger charge is -2.29. The zero-order valence-corrected chi connectivity index (χ0v) is 13.6. The van der Waals surface area contributed by atoms with Crippen LogP contribution in [0.3, 0.4) is 0 Å². The summed E-state index contributed by atoms with van der Waals surface area (Å²) in [6, 6.07) is 1.96. The van der Waals surface area contributed by atoms with Crippen LogP contribution in [0, 0.1) is 0 Å². The average molecular weight is 293 g/mol. The third kappa shape index (κ3) is 5.01. The van der Waals surface area contributed by atoms with E-state index in [4.69, 9.17) is 4.74 Å². The van der Waals surface area contributed by atoms with Crippen molar-refractivity contribution in [2.45, 2.75) is 39.7 Å². The lowest BCUT2D eigenvalue weighted by molar-refractivity contribution is 0.0615. The average Bonchev–Trinajstić information content (AvgIpc) is 2.52. The summed E-state index contributed by atoms with van der Waals surface area (Å²) in [7, 11) is 1.65. The number of anilines is 1. The number of methoxy groups -OCH3 is 1. The van der Waals surface area contributed by atoms with Gasteiger partial charge in [-0.05, 0) is 25.8 Å². The summed E-state index contributed by atoms with van der Waals surface area (Å²) in [4.78, 5) is 18.8. The van der Waals surface area contributed by atoms with Gasteiger partial charge in [-0.2, -0.15) is 0 Å². The lowest BCUT2D eigenvalue weighted by Crippen LogP contribution is -2.40. The van der Waals surface area contributed by atoms with Crippen LogP contribution >= 0.6 is 0 Å². The van der Waals surface area contributed by atoms with Crippen molar-refractivity contribution in [3.8, 4) is 0 Å². The molecule has 0 bridgehead atoms. The minimum Gasteiger partial charge on any atom is -0.383 e. The molecule has 0 saturated heterocycles. The predicted molar refractivity (Wildman–Crippen MR) is 85.7 cm³/mol. The summed E-state index contributed by atoms with van der Waals surface area (Å²) in [5.41, 5.74) is 1.48. The fourth-order valence-corrected chi connectivity index (χ4v) is 2.07. The number of carbonyl (C=O) groups is 1. The van der Waals surface area contributed by atoms with E-state index in [0.717, 1.165) is 25.1 Å². The van der Waals surface area contributed by atoms with Crippen LogP contribution in [0.4, 0.5) is 5.69 Å². The van der Waals surface area contributed by atoms with Crippen molar-refractivity contribution in [2.75, 3.05) is 32.1 Å². The molecule has 21 heavy (non-hydrogen) atoms. The zero-order valence-electron chi connectivity index (χ0n) is 13.6. The van der Waals surface area contributed by atoms with Gasteiger partial charge >= 0.3 is 0 Å². The second-order valence-corrected chi connectivity index (χ2v) is 5.10. The molecular weight excluding hydrogens is 266 g/mol. The van der Waals surface area contributed by atoms with E-state index in [1.165, 1.54) is 0 Å². The summed E-state index contributed by atoms with van der Waals surface area (Å²) in [6.07, 6.45) is 5.29. The highest BCUT2D eigenvalue weighted by molar-refractivity contribution is 5.99. The number of hydrogen-bond donors (Lipinski definition) is 1. The summed E-state index contributed by atoms with van der Waals surface area (Å²) < 4.78 is 5.13. The minimum absolute atomic E-state index is 0.0300. The second kappa shape index (κ2) is 9.34. The van der Waals surface area contributed by atoms with Gasteiger partial charge in [-0.3, -0.25) is 9.78 Å². The van der Waals surface area contributed by atoms with E-state index < -0.39 is 0 Å². The fourth-order valence-electron chi connectivity index (χ4n) is 2.07. The first-order chi connectivity index (χ1) is 10.2. The first-order valence-electron chi connectivity index (χ1n) is 7.63. The number of hydrogen-bond acceptors (Lipinski definition) is 4. The van der Waals surface area contributed by atoms with Crippen molar-refractivity contribution in [2.24, 2.45) is 0 Å². The molecule has 0 fully saturated rings. The standard InChI is InChI=1S/C16H27N3O2/c1-5-8-18-15-12-17-9-7-14(15)16(20)19(10-11-21-4)13(3)6-2/h7,9,12-13,18H,5-6,8,10-11H2,1-4H3. The molecule has 1 amide bonds. The van der Waals surface area contributed by atoms with Crippen molar-refractivity contribution >= 4 is 11.6 Å². The largest absolute Gasteiger partial charge is 0.383 e. The molecular formula is C16H27N3O2. The third-order valence-corrected chi connectivity index (χ3v) is 3.54. The summed E-state index contributed by atoms with van der Waals surface area (Å²) in [5.74, 6) is 0.0300. The van der Waals surface area contributed by atoms with Gasteiger partial charge in [-0.1, -0.05) is 13.8 Å². The quantitative estimate of drug-likeness (QED) is 0.760. The first-order valence-corrected chi connectivity index (χ1v) is 7.63. The van der Waals surface area contributed by atoms with Crippen molar-refractivity contribution in [1.82, 2.24) is 9.88 Å². The molecule has 118 valence electrons. The van der Waals surface area contributed by atoms with Crippen molar-refractivity contribution < 1.29 is 9.53 Å². The van der Waals surface area contributed by atoms with Crippen LogP contribution in [0.5, 0.6) is 0 Å². The van der Waals surface area contributed by atoms with Crippen LogP contribution in [0.15, 0.2) is 18.5 Å². The molecule has 0 saturated carbocycles. The Kier molecular flexibility index (Phi) is 7.75. The van der Waals surface area contributed by atoms with Crippen LogP contribution in [-0.4, -0.2) is 48.6 Å². The number of ether oxygens (including phenoxy) is 1. The summed E-state index contributed by atoms with van der Waals surface area (Å²) in [6.45, 7) is 8.20. The number of rotatable bonds is 9. The number of aromatic nitrogens is 1. The van der Waals surface area contributed by atoms with E-state index in [-0.39, 0.29) is 11.9 Å². The maximum atomic E-state index is 12.8. The van der Waals surface area contributed by atoms with Gasteiger partial charge in [-0.15, -0.1) is 0 Å². The molecule has 0 aliphatic rings. The SMILES string of the molecule is CCCNc1cnccc1C(=O)N(CCOC)C(C)CC. The van der Waals surface area contributed by atoms with Gasteiger partial charge in [0.15, 0.2) is 0 Å². The molecule has 0 aliphatic heterocycles. The normalized spacial score (nSPS) is 12.0. The number of nitrogens with zero attached hydrogens (tertiary/aromatic N) is 2. The monoisotopic (exact) mass is 293 g/mol. The maximum Gasteiger partial charge on any atom is 0.256 e. The van der Waals surface area contributed by atoms with Gasteiger partial charge in [0.1, 0.15) is 0 Å². The van der Waals surface area contributed by atoms with Crippen LogP contribution in [0.1, 0.15) is 44.0 Å². The van der Waals surface area contributed by atoms with Crippen molar-refractivity contribution in [3.63, 3.8) is 0 Å². The van der Waals surface area contributed by atoms with Gasteiger partial charge in [0.05, 0.1) is 24.1 Å². The van der Waals surface area contributed by atoms with Crippen molar-refractivity contribution in [1.29, 1.82) is 0 Å². The molecule has 0 aromatic carbocycles. The minimum atomic E-state index is 0.0300. The van der Waals surface area contributed by atoms with Crippen LogP contribution in [-0.2, 0) is 4.74 Å². The molecule has 0 aliphatic carbocycles. The molecule has 1 atom stereocenters. The lowest BCUT2D eigenvalue weighted by atomic mass is 10.1.